The van der Waals surface area contributed by atoms with Gasteiger partial charge in [-0.1, -0.05) is 13.0 Å². The van der Waals surface area contributed by atoms with E-state index in [1.807, 2.05) is 18.7 Å². The average molecular weight is 281 g/mol. The molecular weight excluding hydrogens is 261 g/mol. The summed E-state index contributed by atoms with van der Waals surface area (Å²) in [6.07, 6.45) is 0. The van der Waals surface area contributed by atoms with Crippen molar-refractivity contribution in [2.45, 2.75) is 19.9 Å². The molecule has 0 saturated carbocycles. The molecule has 1 fully saturated rings. The van der Waals surface area contributed by atoms with Gasteiger partial charge in [-0.05, 0) is 25.0 Å². The number of hydrogen-bond acceptors (Lipinski definition) is 3. The molecule has 0 aliphatic carbocycles. The Hall–Kier alpha value is -1.62. The van der Waals surface area contributed by atoms with E-state index in [1.165, 1.54) is 13.2 Å². The lowest BCUT2D eigenvalue weighted by Crippen LogP contribution is -2.27. The fourth-order valence-electron chi connectivity index (χ4n) is 2.93. The van der Waals surface area contributed by atoms with Crippen molar-refractivity contribution < 1.29 is 19.0 Å². The Morgan fingerprint density at radius 3 is 2.75 bits per heavy atom. The SMILES string of the molecule is COc1cccc(F)c1C(C)N1C[C@@H](C)[C@H](C(=O)O)C1. The van der Waals surface area contributed by atoms with E-state index in [0.29, 0.717) is 24.4 Å². The Balaban J connectivity index is 2.25. The molecule has 1 heterocycles. The van der Waals surface area contributed by atoms with Gasteiger partial charge in [0.1, 0.15) is 11.6 Å². The van der Waals surface area contributed by atoms with Crippen LogP contribution in [0.4, 0.5) is 4.39 Å². The van der Waals surface area contributed by atoms with E-state index < -0.39 is 11.9 Å². The minimum atomic E-state index is -0.785. The number of hydrogen-bond donors (Lipinski definition) is 1. The first-order valence-electron chi connectivity index (χ1n) is 6.75. The van der Waals surface area contributed by atoms with Gasteiger partial charge in [-0.15, -0.1) is 0 Å². The lowest BCUT2D eigenvalue weighted by Gasteiger charge is -2.26. The van der Waals surface area contributed by atoms with Crippen LogP contribution >= 0.6 is 0 Å². The second-order valence-electron chi connectivity index (χ2n) is 5.41. The van der Waals surface area contributed by atoms with E-state index >= 15 is 0 Å². The van der Waals surface area contributed by atoms with Gasteiger partial charge < -0.3 is 9.84 Å². The summed E-state index contributed by atoms with van der Waals surface area (Å²) < 4.78 is 19.3. The zero-order valence-electron chi connectivity index (χ0n) is 12.0. The van der Waals surface area contributed by atoms with E-state index in [4.69, 9.17) is 4.74 Å². The van der Waals surface area contributed by atoms with Gasteiger partial charge in [0, 0.05) is 24.7 Å². The maximum absolute atomic E-state index is 14.1. The second kappa shape index (κ2) is 5.79. The largest absolute Gasteiger partial charge is 0.496 e. The summed E-state index contributed by atoms with van der Waals surface area (Å²) in [7, 11) is 1.51. The molecule has 1 aromatic rings. The highest BCUT2D eigenvalue weighted by Gasteiger charge is 2.38. The summed E-state index contributed by atoms with van der Waals surface area (Å²) in [6, 6.07) is 4.53. The first-order chi connectivity index (χ1) is 9.45. The van der Waals surface area contributed by atoms with Crippen LogP contribution in [0.25, 0.3) is 0 Å². The highest BCUT2D eigenvalue weighted by atomic mass is 19.1. The summed E-state index contributed by atoms with van der Waals surface area (Å²) in [4.78, 5) is 13.2. The minimum absolute atomic E-state index is 0.0627. The van der Waals surface area contributed by atoms with Gasteiger partial charge in [-0.25, -0.2) is 4.39 Å². The number of ether oxygens (including phenoxy) is 1. The van der Waals surface area contributed by atoms with Gasteiger partial charge in [0.05, 0.1) is 13.0 Å². The summed E-state index contributed by atoms with van der Waals surface area (Å²) in [5, 5.41) is 9.18. The zero-order valence-corrected chi connectivity index (χ0v) is 12.0. The number of methoxy groups -OCH3 is 1. The number of nitrogens with zero attached hydrogens (tertiary/aromatic N) is 1. The molecule has 1 aliphatic rings. The van der Waals surface area contributed by atoms with Crippen LogP contribution in [-0.4, -0.2) is 36.2 Å². The predicted octanol–water partition coefficient (Wildman–Crippen LogP) is 2.55. The molecular formula is C15H20FNO3. The minimum Gasteiger partial charge on any atom is -0.496 e. The van der Waals surface area contributed by atoms with Crippen molar-refractivity contribution in [2.75, 3.05) is 20.2 Å². The van der Waals surface area contributed by atoms with Crippen LogP contribution in [0.5, 0.6) is 5.75 Å². The van der Waals surface area contributed by atoms with E-state index in [2.05, 4.69) is 0 Å². The van der Waals surface area contributed by atoms with Gasteiger partial charge in [-0.3, -0.25) is 9.69 Å². The molecule has 4 nitrogen and oxygen atoms in total. The lowest BCUT2D eigenvalue weighted by atomic mass is 9.99. The third-order valence-corrected chi connectivity index (χ3v) is 4.16. The number of carbonyl (C=O) groups is 1. The average Bonchev–Trinajstić information content (AvgIpc) is 2.80. The molecule has 0 amide bonds. The Bertz CT molecular complexity index is 506. The molecule has 110 valence electrons. The van der Waals surface area contributed by atoms with E-state index in [1.54, 1.807) is 12.1 Å². The van der Waals surface area contributed by atoms with Crippen LogP contribution < -0.4 is 4.74 Å². The molecule has 1 N–H and O–H groups in total. The molecule has 0 bridgehead atoms. The molecule has 0 radical (unpaired) electrons. The molecule has 5 heteroatoms. The molecule has 2 rings (SSSR count). The van der Waals surface area contributed by atoms with Crippen molar-refractivity contribution in [2.24, 2.45) is 11.8 Å². The van der Waals surface area contributed by atoms with Crippen LogP contribution in [0.2, 0.25) is 0 Å². The molecule has 1 unspecified atom stereocenters. The predicted molar refractivity (Wildman–Crippen MR) is 73.2 cm³/mol. The summed E-state index contributed by atoms with van der Waals surface area (Å²) in [6.45, 7) is 4.90. The first-order valence-corrected chi connectivity index (χ1v) is 6.75. The normalized spacial score (nSPS) is 24.6. The molecule has 3 atom stereocenters. The number of rotatable bonds is 4. The number of benzene rings is 1. The Labute approximate surface area is 118 Å². The summed E-state index contributed by atoms with van der Waals surface area (Å²) >= 11 is 0. The van der Waals surface area contributed by atoms with Gasteiger partial charge >= 0.3 is 5.97 Å². The molecule has 0 aromatic heterocycles. The third kappa shape index (κ3) is 2.63. The molecule has 1 aliphatic heterocycles. The van der Waals surface area contributed by atoms with Crippen molar-refractivity contribution in [3.63, 3.8) is 0 Å². The Morgan fingerprint density at radius 2 is 2.20 bits per heavy atom. The Kier molecular flexibility index (Phi) is 4.28. The van der Waals surface area contributed by atoms with Gasteiger partial charge in [-0.2, -0.15) is 0 Å². The van der Waals surface area contributed by atoms with Crippen molar-refractivity contribution in [1.29, 1.82) is 0 Å². The Morgan fingerprint density at radius 1 is 1.50 bits per heavy atom. The van der Waals surface area contributed by atoms with Crippen molar-refractivity contribution >= 4 is 5.97 Å². The van der Waals surface area contributed by atoms with Gasteiger partial charge in [0.25, 0.3) is 0 Å². The second-order valence-corrected chi connectivity index (χ2v) is 5.41. The van der Waals surface area contributed by atoms with Crippen LogP contribution in [0, 0.1) is 17.7 Å². The third-order valence-electron chi connectivity index (χ3n) is 4.16. The maximum Gasteiger partial charge on any atom is 0.308 e. The fourth-order valence-corrected chi connectivity index (χ4v) is 2.93. The highest BCUT2D eigenvalue weighted by Crippen LogP contribution is 2.36. The van der Waals surface area contributed by atoms with Crippen molar-refractivity contribution in [1.82, 2.24) is 4.90 Å². The van der Waals surface area contributed by atoms with E-state index in [9.17, 15) is 14.3 Å². The fraction of sp³-hybridized carbons (Fsp3) is 0.533. The number of carboxylic acids is 1. The first kappa shape index (κ1) is 14.8. The topological polar surface area (TPSA) is 49.8 Å². The van der Waals surface area contributed by atoms with E-state index in [-0.39, 0.29) is 17.8 Å². The molecule has 1 aromatic carbocycles. The van der Waals surface area contributed by atoms with Gasteiger partial charge in [0.2, 0.25) is 0 Å². The number of likely N-dealkylation sites (tertiary alicyclic amines) is 1. The monoisotopic (exact) mass is 281 g/mol. The summed E-state index contributed by atoms with van der Waals surface area (Å²) in [5.41, 5.74) is 0.494. The van der Waals surface area contributed by atoms with Gasteiger partial charge in [0.15, 0.2) is 0 Å². The molecule has 20 heavy (non-hydrogen) atoms. The number of halogens is 1. The molecule has 0 spiro atoms. The summed E-state index contributed by atoms with van der Waals surface area (Å²) in [5.74, 6) is -0.928. The molecule has 1 saturated heterocycles. The quantitative estimate of drug-likeness (QED) is 0.921. The van der Waals surface area contributed by atoms with Crippen molar-refractivity contribution in [3.8, 4) is 5.75 Å². The van der Waals surface area contributed by atoms with Crippen LogP contribution in [0.1, 0.15) is 25.5 Å². The smallest absolute Gasteiger partial charge is 0.308 e. The van der Waals surface area contributed by atoms with Crippen LogP contribution in [0.15, 0.2) is 18.2 Å². The maximum atomic E-state index is 14.1. The lowest BCUT2D eigenvalue weighted by molar-refractivity contribution is -0.142. The number of carboxylic acid groups (broad SMARTS) is 1. The standard InChI is InChI=1S/C15H20FNO3/c1-9-7-17(8-11(9)15(18)19)10(2)14-12(16)5-4-6-13(14)20-3/h4-6,9-11H,7-8H2,1-3H3,(H,18,19)/t9-,10?,11-/m1/s1. The van der Waals surface area contributed by atoms with Crippen LogP contribution in [-0.2, 0) is 4.79 Å². The van der Waals surface area contributed by atoms with Crippen LogP contribution in [0.3, 0.4) is 0 Å². The van der Waals surface area contributed by atoms with E-state index in [0.717, 1.165) is 0 Å². The zero-order chi connectivity index (χ0) is 14.9. The number of aliphatic carboxylic acids is 1. The highest BCUT2D eigenvalue weighted by molar-refractivity contribution is 5.71. The van der Waals surface area contributed by atoms with Crippen molar-refractivity contribution in [3.05, 3.63) is 29.6 Å².